The van der Waals surface area contributed by atoms with Crippen molar-refractivity contribution in [2.24, 2.45) is 0 Å². The van der Waals surface area contributed by atoms with Gasteiger partial charge in [-0.25, -0.2) is 0 Å². The van der Waals surface area contributed by atoms with Crippen LogP contribution in [-0.4, -0.2) is 15.3 Å². The van der Waals surface area contributed by atoms with Crippen LogP contribution in [0.3, 0.4) is 0 Å². The second-order valence-corrected chi connectivity index (χ2v) is 15.5. The summed E-state index contributed by atoms with van der Waals surface area (Å²) in [6, 6.07) is 12.8. The summed E-state index contributed by atoms with van der Waals surface area (Å²) < 4.78 is 0. The van der Waals surface area contributed by atoms with Crippen LogP contribution in [0.1, 0.15) is 153 Å². The topological polar surface area (TPSA) is 60.7 Å². The van der Waals surface area contributed by atoms with Crippen LogP contribution in [0.5, 0.6) is 17.2 Å². The Labute approximate surface area is 262 Å². The number of aromatic hydroxyl groups is 3. The maximum absolute atomic E-state index is 11.3. The van der Waals surface area contributed by atoms with Crippen molar-refractivity contribution >= 4 is 0 Å². The zero-order valence-electron chi connectivity index (χ0n) is 29.3. The molecule has 0 spiro atoms. The van der Waals surface area contributed by atoms with Gasteiger partial charge >= 0.3 is 0 Å². The average Bonchev–Trinajstić information content (AvgIpc) is 2.89. The minimum Gasteiger partial charge on any atom is -0.508 e. The molecule has 0 aliphatic rings. The molecule has 0 unspecified atom stereocenters. The van der Waals surface area contributed by atoms with E-state index in [-0.39, 0.29) is 16.2 Å². The molecule has 236 valence electrons. The van der Waals surface area contributed by atoms with Crippen molar-refractivity contribution in [2.75, 3.05) is 0 Å². The van der Waals surface area contributed by atoms with Gasteiger partial charge in [0.1, 0.15) is 17.2 Å². The summed E-state index contributed by atoms with van der Waals surface area (Å²) >= 11 is 0. The Balaban J connectivity index is 2.80. The molecule has 0 aliphatic carbocycles. The Morgan fingerprint density at radius 2 is 0.674 bits per heavy atom. The van der Waals surface area contributed by atoms with Crippen molar-refractivity contribution < 1.29 is 15.3 Å². The predicted octanol–water partition coefficient (Wildman–Crippen LogP) is 10.5. The highest BCUT2D eigenvalue weighted by Crippen LogP contribution is 2.52. The molecule has 0 atom stereocenters. The monoisotopic (exact) mass is 586 g/mol. The Bertz CT molecular complexity index is 1280. The molecule has 0 saturated carbocycles. The van der Waals surface area contributed by atoms with Gasteiger partial charge in [0, 0.05) is 5.41 Å². The molecule has 0 amide bonds. The van der Waals surface area contributed by atoms with Crippen LogP contribution in [0, 0.1) is 0 Å². The second kappa shape index (κ2) is 12.2. The molecule has 3 aromatic carbocycles. The minimum absolute atomic E-state index is 0.263. The fraction of sp³-hybridized carbons (Fsp3) is 0.550. The van der Waals surface area contributed by atoms with E-state index in [1.807, 2.05) is 18.2 Å². The molecule has 3 rings (SSSR count). The van der Waals surface area contributed by atoms with Gasteiger partial charge in [-0.1, -0.05) is 115 Å². The van der Waals surface area contributed by atoms with Crippen molar-refractivity contribution in [1.82, 2.24) is 0 Å². The standard InChI is InChI=1S/C40H58O3/c1-14-18-40(28-22-31(37(5,6)7)34(41)19-25(28)15-2,29-23-32(38(8,9)10)35(42)20-26(29)16-3)30-24-33(39(11,12)13)36(43)21-27(30)17-4/h19-24,41-43H,14-18H2,1-13H3. The molecule has 3 aromatic rings. The van der Waals surface area contributed by atoms with E-state index in [1.54, 1.807) is 0 Å². The molecule has 3 heteroatoms. The summed E-state index contributed by atoms with van der Waals surface area (Å²) in [6.07, 6.45) is 4.10. The van der Waals surface area contributed by atoms with E-state index in [9.17, 15) is 15.3 Å². The summed E-state index contributed by atoms with van der Waals surface area (Å²) in [5.74, 6) is 1.02. The third-order valence-electron chi connectivity index (χ3n) is 9.24. The maximum Gasteiger partial charge on any atom is 0.119 e. The number of benzene rings is 3. The van der Waals surface area contributed by atoms with Gasteiger partial charge in [0.05, 0.1) is 0 Å². The van der Waals surface area contributed by atoms with Crippen molar-refractivity contribution in [3.05, 3.63) is 86.5 Å². The third-order valence-corrected chi connectivity index (χ3v) is 9.24. The first-order valence-electron chi connectivity index (χ1n) is 16.4. The molecule has 0 bridgehead atoms. The van der Waals surface area contributed by atoms with E-state index in [0.29, 0.717) is 17.2 Å². The number of aryl methyl sites for hydroxylation is 3. The van der Waals surface area contributed by atoms with Crippen LogP contribution >= 0.6 is 0 Å². The molecule has 3 N–H and O–H groups in total. The van der Waals surface area contributed by atoms with Gasteiger partial charge in [-0.3, -0.25) is 0 Å². The van der Waals surface area contributed by atoms with Crippen LogP contribution in [0.4, 0.5) is 0 Å². The molecule has 0 fully saturated rings. The zero-order chi connectivity index (χ0) is 32.7. The van der Waals surface area contributed by atoms with Gasteiger partial charge in [-0.15, -0.1) is 0 Å². The fourth-order valence-electron chi connectivity index (χ4n) is 6.98. The lowest BCUT2D eigenvalue weighted by molar-refractivity contribution is 0.438. The van der Waals surface area contributed by atoms with Gasteiger partial charge < -0.3 is 15.3 Å². The first-order valence-corrected chi connectivity index (χ1v) is 16.4. The molecule has 3 nitrogen and oxygen atoms in total. The van der Waals surface area contributed by atoms with Crippen molar-refractivity contribution in [1.29, 1.82) is 0 Å². The second-order valence-electron chi connectivity index (χ2n) is 15.5. The molecule has 0 aromatic heterocycles. The van der Waals surface area contributed by atoms with Gasteiger partial charge in [0.15, 0.2) is 0 Å². The number of rotatable bonds is 8. The summed E-state index contributed by atoms with van der Waals surface area (Å²) in [5, 5.41) is 34.0. The van der Waals surface area contributed by atoms with Gasteiger partial charge in [0.25, 0.3) is 0 Å². The summed E-state index contributed by atoms with van der Waals surface area (Å²) in [6.45, 7) is 28.2. The normalized spacial score (nSPS) is 13.0. The largest absolute Gasteiger partial charge is 0.508 e. The summed E-state index contributed by atoms with van der Waals surface area (Å²) in [4.78, 5) is 0. The molecule has 43 heavy (non-hydrogen) atoms. The zero-order valence-corrected chi connectivity index (χ0v) is 29.3. The number of hydrogen-bond donors (Lipinski definition) is 3. The number of phenols is 3. The van der Waals surface area contributed by atoms with Crippen molar-refractivity contribution in [3.8, 4) is 17.2 Å². The third kappa shape index (κ3) is 6.47. The lowest BCUT2D eigenvalue weighted by atomic mass is 9.60. The first-order chi connectivity index (χ1) is 19.8. The predicted molar refractivity (Wildman–Crippen MR) is 183 cm³/mol. The van der Waals surface area contributed by atoms with Crippen molar-refractivity contribution in [2.45, 2.75) is 144 Å². The van der Waals surface area contributed by atoms with Crippen LogP contribution in [0.25, 0.3) is 0 Å². The lowest BCUT2D eigenvalue weighted by Gasteiger charge is -2.42. The van der Waals surface area contributed by atoms with Crippen LogP contribution in [0.2, 0.25) is 0 Å². The fourth-order valence-corrected chi connectivity index (χ4v) is 6.98. The van der Waals surface area contributed by atoms with E-state index in [0.717, 1.165) is 65.5 Å². The molecule has 0 aliphatic heterocycles. The van der Waals surface area contributed by atoms with Crippen LogP contribution < -0.4 is 0 Å². The van der Waals surface area contributed by atoms with E-state index in [1.165, 1.54) is 16.7 Å². The highest BCUT2D eigenvalue weighted by Gasteiger charge is 2.43. The van der Waals surface area contributed by atoms with Gasteiger partial charge in [-0.2, -0.15) is 0 Å². The number of phenolic OH excluding ortho intramolecular Hbond substituents is 3. The van der Waals surface area contributed by atoms with E-state index < -0.39 is 5.41 Å². The number of hydrogen-bond acceptors (Lipinski definition) is 3. The smallest absolute Gasteiger partial charge is 0.119 e. The molecule has 0 saturated heterocycles. The van der Waals surface area contributed by atoms with Crippen LogP contribution in [0.15, 0.2) is 36.4 Å². The Hall–Kier alpha value is -2.94. The molecule has 0 radical (unpaired) electrons. The van der Waals surface area contributed by atoms with E-state index in [2.05, 4.69) is 108 Å². The Morgan fingerprint density at radius 1 is 0.419 bits per heavy atom. The van der Waals surface area contributed by atoms with E-state index >= 15 is 0 Å². The summed E-state index contributed by atoms with van der Waals surface area (Å²) in [5.41, 5.74) is 8.43. The Morgan fingerprint density at radius 3 is 0.860 bits per heavy atom. The first kappa shape index (κ1) is 34.5. The minimum atomic E-state index is -0.577. The SMILES string of the molecule is CCCC(c1cc(C(C)(C)C)c(O)cc1CC)(c1cc(C(C)(C)C)c(O)cc1CC)c1cc(C(C)(C)C)c(O)cc1CC. The highest BCUT2D eigenvalue weighted by molar-refractivity contribution is 5.64. The maximum atomic E-state index is 11.3. The lowest BCUT2D eigenvalue weighted by Crippen LogP contribution is -2.35. The molecular weight excluding hydrogens is 528 g/mol. The quantitative estimate of drug-likeness (QED) is 0.230. The van der Waals surface area contributed by atoms with Gasteiger partial charge in [0.2, 0.25) is 0 Å². The Kier molecular flexibility index (Phi) is 9.81. The van der Waals surface area contributed by atoms with Crippen LogP contribution in [-0.2, 0) is 40.9 Å². The molecular formula is C40H58O3. The summed E-state index contributed by atoms with van der Waals surface area (Å²) in [7, 11) is 0. The highest BCUT2D eigenvalue weighted by atomic mass is 16.3. The van der Waals surface area contributed by atoms with Gasteiger partial charge in [-0.05, 0) is 110 Å². The molecule has 0 heterocycles. The van der Waals surface area contributed by atoms with Crippen molar-refractivity contribution in [3.63, 3.8) is 0 Å². The van der Waals surface area contributed by atoms with E-state index in [4.69, 9.17) is 0 Å². The average molecular weight is 587 g/mol.